The summed E-state index contributed by atoms with van der Waals surface area (Å²) in [5, 5.41) is 7.68. The Bertz CT molecular complexity index is 356. The van der Waals surface area contributed by atoms with Crippen LogP contribution in [0.25, 0.3) is 0 Å². The zero-order valence-electron chi connectivity index (χ0n) is 11.6. The minimum Gasteiger partial charge on any atom is -0.319 e. The van der Waals surface area contributed by atoms with E-state index in [0.29, 0.717) is 0 Å². The number of piperidine rings is 1. The largest absolute Gasteiger partial charge is 0.319 e. The molecule has 1 aromatic rings. The molecule has 0 amide bonds. The van der Waals surface area contributed by atoms with Gasteiger partial charge in [0.15, 0.2) is 0 Å². The molecule has 1 N–H and O–H groups in total. The first-order valence-electron chi connectivity index (χ1n) is 6.55. The Kier molecular flexibility index (Phi) is 6.12. The second kappa shape index (κ2) is 7.12. The SMILES string of the molecule is CNCC1CCN(Cc2cn(C)nc2C)CC1.Cl. The van der Waals surface area contributed by atoms with Crippen LogP contribution in [-0.4, -0.2) is 41.4 Å². The number of rotatable bonds is 4. The van der Waals surface area contributed by atoms with Crippen LogP contribution in [0.2, 0.25) is 0 Å². The molecule has 0 aromatic carbocycles. The van der Waals surface area contributed by atoms with Crippen LogP contribution >= 0.6 is 12.4 Å². The molecule has 1 fully saturated rings. The number of aromatic nitrogens is 2. The fraction of sp³-hybridized carbons (Fsp3) is 0.769. The molecule has 18 heavy (non-hydrogen) atoms. The van der Waals surface area contributed by atoms with Gasteiger partial charge in [-0.05, 0) is 52.4 Å². The Hall–Kier alpha value is -0.580. The van der Waals surface area contributed by atoms with Gasteiger partial charge >= 0.3 is 0 Å². The second-order valence-electron chi connectivity index (χ2n) is 5.19. The minimum atomic E-state index is 0. The van der Waals surface area contributed by atoms with Gasteiger partial charge in [-0.2, -0.15) is 5.10 Å². The van der Waals surface area contributed by atoms with E-state index in [0.717, 1.165) is 12.5 Å². The Morgan fingerprint density at radius 1 is 1.39 bits per heavy atom. The number of nitrogens with one attached hydrogen (secondary N) is 1. The van der Waals surface area contributed by atoms with Gasteiger partial charge in [0.25, 0.3) is 0 Å². The summed E-state index contributed by atoms with van der Waals surface area (Å²) in [5.41, 5.74) is 2.55. The van der Waals surface area contributed by atoms with E-state index in [-0.39, 0.29) is 12.4 Å². The number of hydrogen-bond donors (Lipinski definition) is 1. The fourth-order valence-corrected chi connectivity index (χ4v) is 2.68. The molecule has 1 aliphatic heterocycles. The van der Waals surface area contributed by atoms with E-state index in [1.54, 1.807) is 0 Å². The molecule has 1 saturated heterocycles. The maximum absolute atomic E-state index is 4.40. The van der Waals surface area contributed by atoms with Crippen molar-refractivity contribution in [3.63, 3.8) is 0 Å². The van der Waals surface area contributed by atoms with E-state index in [1.807, 2.05) is 18.8 Å². The number of hydrogen-bond acceptors (Lipinski definition) is 3. The van der Waals surface area contributed by atoms with Crippen molar-refractivity contribution in [3.8, 4) is 0 Å². The van der Waals surface area contributed by atoms with E-state index in [4.69, 9.17) is 0 Å². The Morgan fingerprint density at radius 2 is 2.06 bits per heavy atom. The third kappa shape index (κ3) is 3.97. The first-order valence-corrected chi connectivity index (χ1v) is 6.55. The lowest BCUT2D eigenvalue weighted by molar-refractivity contribution is 0.176. The lowest BCUT2D eigenvalue weighted by Crippen LogP contribution is -2.36. The molecule has 0 saturated carbocycles. The maximum atomic E-state index is 4.40. The number of nitrogens with zero attached hydrogens (tertiary/aromatic N) is 3. The monoisotopic (exact) mass is 272 g/mol. The molecule has 0 unspecified atom stereocenters. The highest BCUT2D eigenvalue weighted by atomic mass is 35.5. The van der Waals surface area contributed by atoms with Gasteiger partial charge in [-0.3, -0.25) is 9.58 Å². The smallest absolute Gasteiger partial charge is 0.0638 e. The summed E-state index contributed by atoms with van der Waals surface area (Å²) in [7, 11) is 4.04. The number of aryl methyl sites for hydroxylation is 2. The third-order valence-corrected chi connectivity index (χ3v) is 3.71. The topological polar surface area (TPSA) is 33.1 Å². The molecule has 2 rings (SSSR count). The first kappa shape index (κ1) is 15.5. The second-order valence-corrected chi connectivity index (χ2v) is 5.19. The highest BCUT2D eigenvalue weighted by Gasteiger charge is 2.19. The molecular formula is C13H25ClN4. The Morgan fingerprint density at radius 3 is 2.56 bits per heavy atom. The highest BCUT2D eigenvalue weighted by Crippen LogP contribution is 2.19. The van der Waals surface area contributed by atoms with Crippen molar-refractivity contribution in [1.82, 2.24) is 20.0 Å². The number of halogens is 1. The molecule has 2 heterocycles. The molecule has 5 heteroatoms. The normalized spacial score (nSPS) is 17.7. The lowest BCUT2D eigenvalue weighted by atomic mass is 9.96. The average Bonchev–Trinajstić information content (AvgIpc) is 2.61. The molecule has 1 aromatic heterocycles. The summed E-state index contributed by atoms with van der Waals surface area (Å²) in [5.74, 6) is 0.867. The minimum absolute atomic E-state index is 0. The Balaban J connectivity index is 0.00000162. The van der Waals surface area contributed by atoms with Crippen molar-refractivity contribution in [1.29, 1.82) is 0 Å². The van der Waals surface area contributed by atoms with Crippen molar-refractivity contribution >= 4 is 12.4 Å². The molecule has 0 atom stereocenters. The van der Waals surface area contributed by atoms with Crippen LogP contribution in [0.15, 0.2) is 6.20 Å². The summed E-state index contributed by atoms with van der Waals surface area (Å²) >= 11 is 0. The maximum Gasteiger partial charge on any atom is 0.0638 e. The molecular weight excluding hydrogens is 248 g/mol. The Labute approximate surface area is 116 Å². The van der Waals surface area contributed by atoms with Gasteiger partial charge in [-0.25, -0.2) is 0 Å². The van der Waals surface area contributed by atoms with Crippen molar-refractivity contribution in [2.75, 3.05) is 26.7 Å². The van der Waals surface area contributed by atoms with Crippen LogP contribution in [0.5, 0.6) is 0 Å². The lowest BCUT2D eigenvalue weighted by Gasteiger charge is -2.31. The van der Waals surface area contributed by atoms with E-state index in [2.05, 4.69) is 28.4 Å². The standard InChI is InChI=1S/C13H24N4.ClH/c1-11-13(9-16(3)15-11)10-17-6-4-12(5-7-17)8-14-2;/h9,12,14H,4-8,10H2,1-3H3;1H. The van der Waals surface area contributed by atoms with Crippen molar-refractivity contribution in [3.05, 3.63) is 17.5 Å². The zero-order chi connectivity index (χ0) is 12.3. The molecule has 1 aliphatic rings. The zero-order valence-corrected chi connectivity index (χ0v) is 12.5. The highest BCUT2D eigenvalue weighted by molar-refractivity contribution is 5.85. The van der Waals surface area contributed by atoms with Gasteiger partial charge < -0.3 is 5.32 Å². The van der Waals surface area contributed by atoms with Crippen LogP contribution in [0.3, 0.4) is 0 Å². The molecule has 0 radical (unpaired) electrons. The summed E-state index contributed by atoms with van der Waals surface area (Å²) in [6.07, 6.45) is 4.79. The average molecular weight is 273 g/mol. The van der Waals surface area contributed by atoms with Gasteiger partial charge in [0, 0.05) is 25.4 Å². The quantitative estimate of drug-likeness (QED) is 0.904. The predicted octanol–water partition coefficient (Wildman–Crippen LogP) is 1.58. The molecule has 0 spiro atoms. The fourth-order valence-electron chi connectivity index (χ4n) is 2.68. The van der Waals surface area contributed by atoms with Gasteiger partial charge in [-0.1, -0.05) is 0 Å². The molecule has 0 aliphatic carbocycles. The molecule has 4 nitrogen and oxygen atoms in total. The van der Waals surface area contributed by atoms with Crippen LogP contribution < -0.4 is 5.32 Å². The number of likely N-dealkylation sites (tertiary alicyclic amines) is 1. The van der Waals surface area contributed by atoms with Crippen molar-refractivity contribution in [2.24, 2.45) is 13.0 Å². The molecule has 0 bridgehead atoms. The van der Waals surface area contributed by atoms with Gasteiger partial charge in [0.2, 0.25) is 0 Å². The van der Waals surface area contributed by atoms with E-state index < -0.39 is 0 Å². The summed E-state index contributed by atoms with van der Waals surface area (Å²) in [6, 6.07) is 0. The van der Waals surface area contributed by atoms with E-state index >= 15 is 0 Å². The molecule has 104 valence electrons. The summed E-state index contributed by atoms with van der Waals surface area (Å²) in [4.78, 5) is 2.55. The van der Waals surface area contributed by atoms with Crippen molar-refractivity contribution < 1.29 is 0 Å². The third-order valence-electron chi connectivity index (χ3n) is 3.71. The first-order chi connectivity index (χ1) is 8.19. The van der Waals surface area contributed by atoms with Gasteiger partial charge in [0.05, 0.1) is 5.69 Å². The van der Waals surface area contributed by atoms with Gasteiger partial charge in [-0.15, -0.1) is 12.4 Å². The summed E-state index contributed by atoms with van der Waals surface area (Å²) in [6.45, 7) is 6.77. The van der Waals surface area contributed by atoms with Crippen LogP contribution in [0, 0.1) is 12.8 Å². The van der Waals surface area contributed by atoms with E-state index in [1.165, 1.54) is 43.7 Å². The van der Waals surface area contributed by atoms with E-state index in [9.17, 15) is 0 Å². The summed E-state index contributed by atoms with van der Waals surface area (Å²) < 4.78 is 1.92. The van der Waals surface area contributed by atoms with Gasteiger partial charge in [0.1, 0.15) is 0 Å². The van der Waals surface area contributed by atoms with Crippen LogP contribution in [-0.2, 0) is 13.6 Å². The van der Waals surface area contributed by atoms with Crippen molar-refractivity contribution in [2.45, 2.75) is 26.3 Å². The predicted molar refractivity (Wildman–Crippen MR) is 77.1 cm³/mol. The van der Waals surface area contributed by atoms with Crippen LogP contribution in [0.4, 0.5) is 0 Å². The van der Waals surface area contributed by atoms with Crippen LogP contribution in [0.1, 0.15) is 24.1 Å².